The van der Waals surface area contributed by atoms with Crippen molar-refractivity contribution < 1.29 is 19.4 Å². The highest BCUT2D eigenvalue weighted by Crippen LogP contribution is 2.32. The second kappa shape index (κ2) is 7.98. The molecule has 2 aromatic rings. The molecule has 1 saturated heterocycles. The van der Waals surface area contributed by atoms with Crippen LogP contribution in [0.3, 0.4) is 0 Å². The van der Waals surface area contributed by atoms with Gasteiger partial charge in [0.25, 0.3) is 0 Å². The Hall–Kier alpha value is -2.93. The average molecular weight is 383 g/mol. The second-order valence-electron chi connectivity index (χ2n) is 7.09. The van der Waals surface area contributed by atoms with Gasteiger partial charge in [0.2, 0.25) is 12.7 Å². The summed E-state index contributed by atoms with van der Waals surface area (Å²) in [6.45, 7) is 5.73. The fraction of sp³-hybridized carbons (Fsp3) is 0.381. The lowest BCUT2D eigenvalue weighted by Gasteiger charge is -2.38. The lowest BCUT2D eigenvalue weighted by molar-refractivity contribution is -0.126. The molecular formula is C21H25N3O4. The van der Waals surface area contributed by atoms with E-state index in [4.69, 9.17) is 9.47 Å². The standard InChI is InChI=1S/C21H25N3O4/c1-15(21(26)22-13-16-6-7-19-20(12-16)28-14-27-19)23-8-10-24(11-9-23)17-4-2-3-5-18(17)25/h2-7,12,15,25H,8-11,13-14H2,1H3,(H,22,26). The predicted molar refractivity (Wildman–Crippen MR) is 106 cm³/mol. The topological polar surface area (TPSA) is 74.3 Å². The number of phenols is 1. The number of nitrogens with zero attached hydrogens (tertiary/aromatic N) is 2. The number of amides is 1. The maximum atomic E-state index is 12.6. The van der Waals surface area contributed by atoms with Crippen LogP contribution in [-0.4, -0.2) is 54.9 Å². The van der Waals surface area contributed by atoms with Gasteiger partial charge in [0.15, 0.2) is 11.5 Å². The number of ether oxygens (including phenoxy) is 2. The summed E-state index contributed by atoms with van der Waals surface area (Å²) in [5, 5.41) is 13.0. The Kier molecular flexibility index (Phi) is 5.25. The quantitative estimate of drug-likeness (QED) is 0.822. The van der Waals surface area contributed by atoms with Crippen LogP contribution in [0.5, 0.6) is 17.2 Å². The molecule has 2 aliphatic heterocycles. The van der Waals surface area contributed by atoms with E-state index in [2.05, 4.69) is 15.1 Å². The Balaban J connectivity index is 1.28. The third-order valence-corrected chi connectivity index (χ3v) is 5.37. The van der Waals surface area contributed by atoms with Crippen LogP contribution in [0.15, 0.2) is 42.5 Å². The number of rotatable bonds is 5. The average Bonchev–Trinajstić information content (AvgIpc) is 3.20. The molecule has 0 aromatic heterocycles. The van der Waals surface area contributed by atoms with E-state index >= 15 is 0 Å². The zero-order valence-electron chi connectivity index (χ0n) is 15.9. The number of benzene rings is 2. The first-order chi connectivity index (χ1) is 13.6. The fourth-order valence-corrected chi connectivity index (χ4v) is 3.64. The van der Waals surface area contributed by atoms with E-state index in [9.17, 15) is 9.90 Å². The first-order valence-electron chi connectivity index (χ1n) is 9.55. The number of para-hydroxylation sites is 2. The van der Waals surface area contributed by atoms with Crippen molar-refractivity contribution in [3.63, 3.8) is 0 Å². The zero-order valence-corrected chi connectivity index (χ0v) is 15.9. The lowest BCUT2D eigenvalue weighted by atomic mass is 10.1. The van der Waals surface area contributed by atoms with E-state index in [1.54, 1.807) is 6.07 Å². The molecule has 0 spiro atoms. The Bertz CT molecular complexity index is 849. The van der Waals surface area contributed by atoms with Crippen LogP contribution in [0.1, 0.15) is 12.5 Å². The highest BCUT2D eigenvalue weighted by molar-refractivity contribution is 5.81. The van der Waals surface area contributed by atoms with Crippen LogP contribution in [-0.2, 0) is 11.3 Å². The normalized spacial score (nSPS) is 17.4. The summed E-state index contributed by atoms with van der Waals surface area (Å²) in [5.74, 6) is 1.77. The number of piperazine rings is 1. The van der Waals surface area contributed by atoms with Gasteiger partial charge in [0.05, 0.1) is 11.7 Å². The van der Waals surface area contributed by atoms with Gasteiger partial charge in [-0.2, -0.15) is 0 Å². The van der Waals surface area contributed by atoms with E-state index in [1.807, 2.05) is 43.3 Å². The van der Waals surface area contributed by atoms with Gasteiger partial charge in [0, 0.05) is 32.7 Å². The van der Waals surface area contributed by atoms with Crippen LogP contribution in [0.25, 0.3) is 0 Å². The molecule has 2 N–H and O–H groups in total. The largest absolute Gasteiger partial charge is 0.506 e. The summed E-state index contributed by atoms with van der Waals surface area (Å²) in [4.78, 5) is 16.9. The summed E-state index contributed by atoms with van der Waals surface area (Å²) >= 11 is 0. The molecule has 7 nitrogen and oxygen atoms in total. The predicted octanol–water partition coefficient (Wildman–Crippen LogP) is 1.95. The summed E-state index contributed by atoms with van der Waals surface area (Å²) in [6.07, 6.45) is 0. The van der Waals surface area contributed by atoms with Crippen LogP contribution in [0, 0.1) is 0 Å². The molecule has 1 unspecified atom stereocenters. The van der Waals surface area contributed by atoms with Crippen molar-refractivity contribution >= 4 is 11.6 Å². The molecule has 0 bridgehead atoms. The molecule has 2 heterocycles. The van der Waals surface area contributed by atoms with Crippen molar-refractivity contribution in [3.8, 4) is 17.2 Å². The van der Waals surface area contributed by atoms with Crippen molar-refractivity contribution in [2.24, 2.45) is 0 Å². The highest BCUT2D eigenvalue weighted by atomic mass is 16.7. The van der Waals surface area contributed by atoms with E-state index in [0.29, 0.717) is 12.3 Å². The van der Waals surface area contributed by atoms with E-state index in [-0.39, 0.29) is 18.7 Å². The first-order valence-corrected chi connectivity index (χ1v) is 9.55. The molecular weight excluding hydrogens is 358 g/mol. The molecule has 2 aromatic carbocycles. The molecule has 28 heavy (non-hydrogen) atoms. The van der Waals surface area contributed by atoms with Gasteiger partial charge in [-0.25, -0.2) is 0 Å². The van der Waals surface area contributed by atoms with Gasteiger partial charge in [-0.3, -0.25) is 9.69 Å². The minimum atomic E-state index is -0.208. The molecule has 1 atom stereocenters. The summed E-state index contributed by atoms with van der Waals surface area (Å²) in [6, 6.07) is 12.9. The van der Waals surface area contributed by atoms with Gasteiger partial charge in [-0.1, -0.05) is 18.2 Å². The maximum absolute atomic E-state index is 12.6. The van der Waals surface area contributed by atoms with Gasteiger partial charge in [-0.15, -0.1) is 0 Å². The third-order valence-electron chi connectivity index (χ3n) is 5.37. The number of fused-ring (bicyclic) bond motifs is 1. The van der Waals surface area contributed by atoms with Crippen molar-refractivity contribution in [2.75, 3.05) is 37.9 Å². The lowest BCUT2D eigenvalue weighted by Crippen LogP contribution is -2.53. The number of hydrogen-bond acceptors (Lipinski definition) is 6. The molecule has 0 saturated carbocycles. The SMILES string of the molecule is CC(C(=O)NCc1ccc2c(c1)OCO2)N1CCN(c2ccccc2O)CC1. The van der Waals surface area contributed by atoms with Crippen molar-refractivity contribution in [2.45, 2.75) is 19.5 Å². The molecule has 1 fully saturated rings. The summed E-state index contributed by atoms with van der Waals surface area (Å²) in [5.41, 5.74) is 1.83. The van der Waals surface area contributed by atoms with Gasteiger partial charge in [0.1, 0.15) is 5.75 Å². The molecule has 148 valence electrons. The van der Waals surface area contributed by atoms with Crippen molar-refractivity contribution in [1.82, 2.24) is 10.2 Å². The number of carbonyl (C=O) groups is 1. The minimum Gasteiger partial charge on any atom is -0.506 e. The van der Waals surface area contributed by atoms with Gasteiger partial charge in [-0.05, 0) is 36.8 Å². The highest BCUT2D eigenvalue weighted by Gasteiger charge is 2.26. The van der Waals surface area contributed by atoms with Crippen molar-refractivity contribution in [3.05, 3.63) is 48.0 Å². The Morgan fingerprint density at radius 3 is 2.64 bits per heavy atom. The number of anilines is 1. The fourth-order valence-electron chi connectivity index (χ4n) is 3.64. The zero-order chi connectivity index (χ0) is 19.5. The second-order valence-corrected chi connectivity index (χ2v) is 7.09. The molecule has 2 aliphatic rings. The molecule has 4 rings (SSSR count). The molecule has 7 heteroatoms. The summed E-state index contributed by atoms with van der Waals surface area (Å²) in [7, 11) is 0. The van der Waals surface area contributed by atoms with Crippen molar-refractivity contribution in [1.29, 1.82) is 0 Å². The molecule has 0 aliphatic carbocycles. The minimum absolute atomic E-state index is 0.00803. The summed E-state index contributed by atoms with van der Waals surface area (Å²) < 4.78 is 10.7. The number of nitrogens with one attached hydrogen (secondary N) is 1. The Morgan fingerprint density at radius 1 is 1.11 bits per heavy atom. The van der Waals surface area contributed by atoms with Crippen LogP contribution >= 0.6 is 0 Å². The van der Waals surface area contributed by atoms with E-state index in [1.165, 1.54) is 0 Å². The molecule has 1 amide bonds. The van der Waals surface area contributed by atoms with Crippen LogP contribution in [0.2, 0.25) is 0 Å². The number of carbonyl (C=O) groups excluding carboxylic acids is 1. The number of aromatic hydroxyl groups is 1. The van der Waals surface area contributed by atoms with Crippen LogP contribution in [0.4, 0.5) is 5.69 Å². The van der Waals surface area contributed by atoms with Crippen LogP contribution < -0.4 is 19.7 Å². The van der Waals surface area contributed by atoms with Gasteiger partial charge >= 0.3 is 0 Å². The van der Waals surface area contributed by atoms with E-state index in [0.717, 1.165) is 48.9 Å². The number of phenolic OH excluding ortho intramolecular Hbond substituents is 1. The van der Waals surface area contributed by atoms with Gasteiger partial charge < -0.3 is 24.8 Å². The first kappa shape index (κ1) is 18.4. The number of hydrogen-bond donors (Lipinski definition) is 2. The third kappa shape index (κ3) is 3.84. The Morgan fingerprint density at radius 2 is 1.86 bits per heavy atom. The smallest absolute Gasteiger partial charge is 0.237 e. The monoisotopic (exact) mass is 383 g/mol. The van der Waals surface area contributed by atoms with E-state index < -0.39 is 0 Å². The maximum Gasteiger partial charge on any atom is 0.237 e. The Labute approximate surface area is 164 Å². The molecule has 0 radical (unpaired) electrons.